The van der Waals surface area contributed by atoms with Crippen molar-refractivity contribution >= 4 is 27.3 Å². The zero-order chi connectivity index (χ0) is 16.9. The lowest BCUT2D eigenvalue weighted by atomic mass is 10.0. The predicted molar refractivity (Wildman–Crippen MR) is 102 cm³/mol. The molecule has 1 aromatic carbocycles. The van der Waals surface area contributed by atoms with Crippen molar-refractivity contribution in [3.8, 4) is 11.5 Å². The Bertz CT molecular complexity index is 669. The molecule has 6 heteroatoms. The van der Waals surface area contributed by atoms with Gasteiger partial charge in [-0.15, -0.1) is 11.3 Å². The molecule has 2 aromatic rings. The van der Waals surface area contributed by atoms with E-state index in [2.05, 4.69) is 44.3 Å². The number of methoxy groups -OCH3 is 2. The summed E-state index contributed by atoms with van der Waals surface area (Å²) in [5.41, 5.74) is 1.16. The van der Waals surface area contributed by atoms with Crippen LogP contribution >= 0.6 is 27.3 Å². The Morgan fingerprint density at radius 3 is 2.71 bits per heavy atom. The van der Waals surface area contributed by atoms with Gasteiger partial charge >= 0.3 is 0 Å². The van der Waals surface area contributed by atoms with Gasteiger partial charge in [0.2, 0.25) is 0 Å². The summed E-state index contributed by atoms with van der Waals surface area (Å²) in [5.74, 6) is 1.61. The van der Waals surface area contributed by atoms with Crippen LogP contribution in [0.2, 0.25) is 0 Å². The van der Waals surface area contributed by atoms with Gasteiger partial charge in [-0.3, -0.25) is 4.90 Å². The molecule has 0 aliphatic carbocycles. The van der Waals surface area contributed by atoms with Gasteiger partial charge in [0.25, 0.3) is 0 Å². The quantitative estimate of drug-likeness (QED) is 0.809. The van der Waals surface area contributed by atoms with Crippen LogP contribution in [-0.4, -0.2) is 45.3 Å². The van der Waals surface area contributed by atoms with Gasteiger partial charge in [-0.2, -0.15) is 0 Å². The fourth-order valence-corrected chi connectivity index (χ4v) is 4.84. The first-order valence-electron chi connectivity index (χ1n) is 8.15. The minimum Gasteiger partial charge on any atom is -0.493 e. The second-order valence-corrected chi connectivity index (χ2v) is 8.26. The number of rotatable bonds is 5. The molecule has 1 atom stereocenters. The van der Waals surface area contributed by atoms with E-state index in [1.165, 1.54) is 4.88 Å². The third-order valence-electron chi connectivity index (χ3n) is 4.33. The monoisotopic (exact) mass is 410 g/mol. The number of thiophene rings is 1. The number of hydrogen-bond donors (Lipinski definition) is 1. The van der Waals surface area contributed by atoms with Crippen LogP contribution in [0, 0.1) is 0 Å². The van der Waals surface area contributed by atoms with Gasteiger partial charge in [0.1, 0.15) is 0 Å². The molecule has 3 rings (SSSR count). The van der Waals surface area contributed by atoms with Crippen LogP contribution in [0.15, 0.2) is 34.1 Å². The van der Waals surface area contributed by atoms with Gasteiger partial charge < -0.3 is 14.8 Å². The first-order chi connectivity index (χ1) is 11.7. The van der Waals surface area contributed by atoms with Gasteiger partial charge in [0.15, 0.2) is 11.5 Å². The van der Waals surface area contributed by atoms with Crippen LogP contribution in [0.25, 0.3) is 0 Å². The van der Waals surface area contributed by atoms with Gasteiger partial charge in [-0.05, 0) is 47.1 Å². The molecule has 1 aliphatic rings. The number of halogens is 1. The van der Waals surface area contributed by atoms with E-state index in [4.69, 9.17) is 9.47 Å². The molecule has 1 saturated heterocycles. The molecule has 0 saturated carbocycles. The highest BCUT2D eigenvalue weighted by Gasteiger charge is 2.28. The molecule has 0 bridgehead atoms. The Balaban J connectivity index is 2.07. The molecule has 1 aliphatic heterocycles. The molecule has 1 fully saturated rings. The first-order valence-corrected chi connectivity index (χ1v) is 9.76. The summed E-state index contributed by atoms with van der Waals surface area (Å²) in [6.45, 7) is 4.16. The number of nitrogens with zero attached hydrogens (tertiary/aromatic N) is 1. The van der Waals surface area contributed by atoms with Crippen molar-refractivity contribution in [1.29, 1.82) is 0 Å². The smallest absolute Gasteiger partial charge is 0.165 e. The molecule has 130 valence electrons. The Morgan fingerprint density at radius 1 is 1.12 bits per heavy atom. The lowest BCUT2D eigenvalue weighted by Crippen LogP contribution is -2.32. The molecule has 1 N–H and O–H groups in total. The number of ether oxygens (including phenoxy) is 2. The fraction of sp³-hybridized carbons (Fsp3) is 0.444. The fourth-order valence-electron chi connectivity index (χ4n) is 3.26. The number of para-hydroxylation sites is 1. The van der Waals surface area contributed by atoms with Crippen molar-refractivity contribution in [1.82, 2.24) is 10.2 Å². The molecular formula is C18H23BrN2O2S. The highest BCUT2D eigenvalue weighted by molar-refractivity contribution is 9.11. The Hall–Kier alpha value is -1.08. The van der Waals surface area contributed by atoms with Crippen LogP contribution in [0.5, 0.6) is 11.5 Å². The summed E-state index contributed by atoms with van der Waals surface area (Å²) in [4.78, 5) is 3.85. The van der Waals surface area contributed by atoms with Gasteiger partial charge in [0.05, 0.1) is 24.0 Å². The molecule has 1 aromatic heterocycles. The van der Waals surface area contributed by atoms with E-state index in [0.717, 1.165) is 53.4 Å². The van der Waals surface area contributed by atoms with E-state index in [1.54, 1.807) is 25.6 Å². The summed E-state index contributed by atoms with van der Waals surface area (Å²) in [6.07, 6.45) is 1.15. The van der Waals surface area contributed by atoms with Crippen LogP contribution in [0.1, 0.15) is 22.9 Å². The maximum absolute atomic E-state index is 5.72. The van der Waals surface area contributed by atoms with Crippen LogP contribution in [0.3, 0.4) is 0 Å². The highest BCUT2D eigenvalue weighted by atomic mass is 79.9. The van der Waals surface area contributed by atoms with Crippen molar-refractivity contribution < 1.29 is 9.47 Å². The van der Waals surface area contributed by atoms with E-state index in [0.29, 0.717) is 0 Å². The highest BCUT2D eigenvalue weighted by Crippen LogP contribution is 2.42. The second-order valence-electron chi connectivity index (χ2n) is 5.77. The molecular weight excluding hydrogens is 388 g/mol. The minimum atomic E-state index is 0.172. The Kier molecular flexibility index (Phi) is 6.16. The summed E-state index contributed by atoms with van der Waals surface area (Å²) in [7, 11) is 3.40. The van der Waals surface area contributed by atoms with Crippen molar-refractivity contribution in [3.05, 3.63) is 44.6 Å². The molecule has 2 heterocycles. The summed E-state index contributed by atoms with van der Waals surface area (Å²) in [5, 5.41) is 3.49. The molecule has 0 amide bonds. The maximum atomic E-state index is 5.72. The van der Waals surface area contributed by atoms with Gasteiger partial charge in [-0.25, -0.2) is 0 Å². The SMILES string of the molecule is COc1cccc(C(c2ccc(Br)s2)N2CCCNCC2)c1OC. The largest absolute Gasteiger partial charge is 0.493 e. The summed E-state index contributed by atoms with van der Waals surface area (Å²) in [6, 6.07) is 10.6. The van der Waals surface area contributed by atoms with Crippen LogP contribution in [-0.2, 0) is 0 Å². The van der Waals surface area contributed by atoms with E-state index < -0.39 is 0 Å². The maximum Gasteiger partial charge on any atom is 0.165 e. The molecule has 0 spiro atoms. The number of benzene rings is 1. The van der Waals surface area contributed by atoms with Gasteiger partial charge in [0, 0.05) is 30.1 Å². The standard InChI is InChI=1S/C18H23BrN2O2S/c1-22-14-6-3-5-13(18(14)23-2)17(15-7-8-16(19)24-15)21-11-4-9-20-10-12-21/h3,5-8,17,20H,4,9-12H2,1-2H3. The van der Waals surface area contributed by atoms with Crippen molar-refractivity contribution in [3.63, 3.8) is 0 Å². The van der Waals surface area contributed by atoms with E-state index in [9.17, 15) is 0 Å². The van der Waals surface area contributed by atoms with Crippen molar-refractivity contribution in [2.45, 2.75) is 12.5 Å². The van der Waals surface area contributed by atoms with Crippen LogP contribution in [0.4, 0.5) is 0 Å². The second kappa shape index (κ2) is 8.34. The van der Waals surface area contributed by atoms with Gasteiger partial charge in [-0.1, -0.05) is 12.1 Å². The van der Waals surface area contributed by atoms with E-state index in [-0.39, 0.29) is 6.04 Å². The third kappa shape index (κ3) is 3.77. The lowest BCUT2D eigenvalue weighted by Gasteiger charge is -2.31. The molecule has 4 nitrogen and oxygen atoms in total. The zero-order valence-corrected chi connectivity index (χ0v) is 16.5. The van der Waals surface area contributed by atoms with E-state index in [1.807, 2.05) is 12.1 Å². The van der Waals surface area contributed by atoms with E-state index >= 15 is 0 Å². The predicted octanol–water partition coefficient (Wildman–Crippen LogP) is 3.91. The first kappa shape index (κ1) is 17.7. The lowest BCUT2D eigenvalue weighted by molar-refractivity contribution is 0.237. The summed E-state index contributed by atoms with van der Waals surface area (Å²) >= 11 is 5.39. The number of hydrogen-bond acceptors (Lipinski definition) is 5. The zero-order valence-electron chi connectivity index (χ0n) is 14.0. The van der Waals surface area contributed by atoms with Crippen molar-refractivity contribution in [2.24, 2.45) is 0 Å². The number of nitrogens with one attached hydrogen (secondary N) is 1. The topological polar surface area (TPSA) is 33.7 Å². The van der Waals surface area contributed by atoms with Crippen LogP contribution < -0.4 is 14.8 Å². The third-order valence-corrected chi connectivity index (χ3v) is 6.01. The molecule has 0 radical (unpaired) electrons. The molecule has 24 heavy (non-hydrogen) atoms. The average Bonchev–Trinajstić information content (AvgIpc) is 2.86. The average molecular weight is 411 g/mol. The normalized spacial score (nSPS) is 17.3. The van der Waals surface area contributed by atoms with Crippen molar-refractivity contribution in [2.75, 3.05) is 40.4 Å². The Morgan fingerprint density at radius 2 is 2.00 bits per heavy atom. The molecule has 1 unspecified atom stereocenters. The summed E-state index contributed by atoms with van der Waals surface area (Å²) < 4.78 is 12.4. The Labute approximate surface area is 155 Å². The minimum absolute atomic E-state index is 0.172.